The number of rotatable bonds is 8. The number of amides is 1. The average molecular weight is 581 g/mol. The lowest BCUT2D eigenvalue weighted by Gasteiger charge is -2.32. The van der Waals surface area contributed by atoms with Crippen molar-refractivity contribution in [3.8, 4) is 0 Å². The number of aliphatic hydroxyl groups excluding tert-OH is 1. The molecule has 1 saturated heterocycles. The van der Waals surface area contributed by atoms with E-state index in [0.717, 1.165) is 4.57 Å². The Labute approximate surface area is 231 Å². The summed E-state index contributed by atoms with van der Waals surface area (Å²) in [6.45, 7) is 5.88. The molecule has 3 aromatic rings. The molecular weight excluding hydrogens is 548 g/mol. The van der Waals surface area contributed by atoms with Crippen molar-refractivity contribution in [3.63, 3.8) is 0 Å². The Kier molecular flexibility index (Phi) is 10.4. The molecule has 0 atom stereocenters. The van der Waals surface area contributed by atoms with E-state index in [1.807, 2.05) is 0 Å². The van der Waals surface area contributed by atoms with E-state index >= 15 is 0 Å². The number of nitrogens with one attached hydrogen (secondary N) is 1. The van der Waals surface area contributed by atoms with E-state index in [9.17, 15) is 23.1 Å². The number of nitrogens with two attached hydrogens (primary N) is 1. The highest BCUT2D eigenvalue weighted by Gasteiger charge is 2.22. The molecule has 0 spiro atoms. The number of aromatic carboxylic acids is 1. The molecule has 4 rings (SSSR count). The van der Waals surface area contributed by atoms with Crippen LogP contribution in [0.1, 0.15) is 37.3 Å². The van der Waals surface area contributed by atoms with Gasteiger partial charge in [-0.05, 0) is 70.1 Å². The fraction of sp³-hybridized carbons (Fsp3) is 0.440. The van der Waals surface area contributed by atoms with Crippen LogP contribution < -0.4 is 11.1 Å². The van der Waals surface area contributed by atoms with Crippen molar-refractivity contribution in [3.05, 3.63) is 47.4 Å². The lowest BCUT2D eigenvalue weighted by molar-refractivity contribution is -0.116. The van der Waals surface area contributed by atoms with E-state index in [0.29, 0.717) is 17.1 Å². The molecule has 3 heterocycles. The largest absolute Gasteiger partial charge is 0.475 e. The Morgan fingerprint density at radius 1 is 1.21 bits per heavy atom. The van der Waals surface area contributed by atoms with Crippen LogP contribution in [0.2, 0.25) is 5.02 Å². The molecule has 0 unspecified atom stereocenters. The molecule has 14 heteroatoms. The lowest BCUT2D eigenvalue weighted by atomic mass is 10.1. The number of imidazole rings is 1. The van der Waals surface area contributed by atoms with Crippen molar-refractivity contribution >= 4 is 50.2 Å². The van der Waals surface area contributed by atoms with E-state index in [-0.39, 0.29) is 21.7 Å². The Morgan fingerprint density at radius 3 is 2.46 bits per heavy atom. The smallest absolute Gasteiger partial charge is 0.372 e. The molecule has 0 aliphatic carbocycles. The zero-order chi connectivity index (χ0) is 28.7. The van der Waals surface area contributed by atoms with Crippen molar-refractivity contribution in [2.24, 2.45) is 5.73 Å². The second kappa shape index (κ2) is 13.3. The number of carbonyl (C=O) groups is 2. The van der Waals surface area contributed by atoms with Gasteiger partial charge in [-0.2, -0.15) is 0 Å². The van der Waals surface area contributed by atoms with Crippen LogP contribution in [-0.4, -0.2) is 87.5 Å². The Hall–Kier alpha value is -3.10. The van der Waals surface area contributed by atoms with Gasteiger partial charge in [0.15, 0.2) is 9.84 Å². The molecule has 1 aromatic carbocycles. The SMILES string of the molecule is CC(C)N1CCC(N)CC1.O=C(Cn1c(C(=O)O)nc2ccc(S(=O)(=O)CCO)cc21)Nc1ccc(Cl)cn1. The van der Waals surface area contributed by atoms with Crippen LogP contribution in [0.5, 0.6) is 0 Å². The minimum atomic E-state index is -3.77. The number of aromatic nitrogens is 3. The van der Waals surface area contributed by atoms with Crippen LogP contribution in [0.3, 0.4) is 0 Å². The number of piperidine rings is 1. The number of fused-ring (bicyclic) bond motifs is 1. The first kappa shape index (κ1) is 30.4. The third-order valence-electron chi connectivity index (χ3n) is 6.23. The van der Waals surface area contributed by atoms with Crippen molar-refractivity contribution in [2.45, 2.75) is 50.2 Å². The number of sulfone groups is 1. The van der Waals surface area contributed by atoms with Crippen LogP contribution in [0.25, 0.3) is 11.0 Å². The third kappa shape index (κ3) is 8.19. The van der Waals surface area contributed by atoms with Gasteiger partial charge in [-0.3, -0.25) is 4.79 Å². The second-order valence-corrected chi connectivity index (χ2v) is 11.9. The standard InChI is InChI=1S/C17H15ClN4O6S.C8H18N2/c18-10-1-4-14(19-8-10)21-15(24)9-22-13-7-11(29(27,28)6-5-23)2-3-12(13)20-16(22)17(25)26;1-7(2)10-5-3-8(9)4-6-10/h1-4,7-8,23H,5-6,9H2,(H,25,26)(H,19,21,24);7-8H,3-6,9H2,1-2H3. The summed E-state index contributed by atoms with van der Waals surface area (Å²) in [7, 11) is -3.77. The number of halogens is 1. The number of carboxylic acid groups (broad SMARTS) is 1. The maximum atomic E-state index is 12.4. The molecule has 212 valence electrons. The number of anilines is 1. The summed E-state index contributed by atoms with van der Waals surface area (Å²) in [6.07, 6.45) is 3.70. The van der Waals surface area contributed by atoms with Gasteiger partial charge in [-0.25, -0.2) is 23.2 Å². The number of likely N-dealkylation sites (tertiary alicyclic amines) is 1. The monoisotopic (exact) mass is 580 g/mol. The van der Waals surface area contributed by atoms with E-state index in [1.54, 1.807) is 0 Å². The normalized spacial score (nSPS) is 14.7. The summed E-state index contributed by atoms with van der Waals surface area (Å²) in [5.41, 5.74) is 6.13. The van der Waals surface area contributed by atoms with Gasteiger partial charge in [0, 0.05) is 18.3 Å². The quantitative estimate of drug-likeness (QED) is 0.307. The molecule has 1 amide bonds. The van der Waals surface area contributed by atoms with E-state index in [1.165, 1.54) is 62.5 Å². The fourth-order valence-corrected chi connectivity index (χ4v) is 5.22. The molecule has 1 fully saturated rings. The molecule has 39 heavy (non-hydrogen) atoms. The van der Waals surface area contributed by atoms with Crippen LogP contribution in [-0.2, 0) is 21.2 Å². The minimum Gasteiger partial charge on any atom is -0.475 e. The number of pyridine rings is 1. The van der Waals surface area contributed by atoms with Gasteiger partial charge in [0.1, 0.15) is 12.4 Å². The molecule has 5 N–H and O–H groups in total. The van der Waals surface area contributed by atoms with Gasteiger partial charge in [0.05, 0.1) is 33.3 Å². The second-order valence-electron chi connectivity index (χ2n) is 9.40. The first-order valence-corrected chi connectivity index (χ1v) is 14.4. The summed E-state index contributed by atoms with van der Waals surface area (Å²) in [6, 6.07) is 8.02. The van der Waals surface area contributed by atoms with E-state index in [4.69, 9.17) is 22.4 Å². The first-order chi connectivity index (χ1) is 18.4. The highest BCUT2D eigenvalue weighted by atomic mass is 35.5. The van der Waals surface area contributed by atoms with Gasteiger partial charge in [-0.1, -0.05) is 11.6 Å². The first-order valence-electron chi connectivity index (χ1n) is 12.4. The average Bonchev–Trinajstić information content (AvgIpc) is 3.24. The van der Waals surface area contributed by atoms with Crippen LogP contribution in [0, 0.1) is 0 Å². The van der Waals surface area contributed by atoms with Crippen LogP contribution in [0.15, 0.2) is 41.4 Å². The molecule has 0 saturated carbocycles. The van der Waals surface area contributed by atoms with Crippen molar-refractivity contribution in [2.75, 3.05) is 30.8 Å². The lowest BCUT2D eigenvalue weighted by Crippen LogP contribution is -2.42. The number of hydrogen-bond donors (Lipinski definition) is 4. The summed E-state index contributed by atoms with van der Waals surface area (Å²) < 4.78 is 25.5. The molecule has 0 radical (unpaired) electrons. The molecule has 0 bridgehead atoms. The van der Waals surface area contributed by atoms with Gasteiger partial charge < -0.3 is 30.7 Å². The zero-order valence-corrected chi connectivity index (χ0v) is 23.3. The predicted octanol–water partition coefficient (Wildman–Crippen LogP) is 2.01. The number of aliphatic hydroxyl groups is 1. The Bertz CT molecular complexity index is 1400. The van der Waals surface area contributed by atoms with Gasteiger partial charge in [0.25, 0.3) is 0 Å². The number of carboxylic acids is 1. The predicted molar refractivity (Wildman–Crippen MR) is 148 cm³/mol. The van der Waals surface area contributed by atoms with Crippen LogP contribution in [0.4, 0.5) is 5.82 Å². The summed E-state index contributed by atoms with van der Waals surface area (Å²) in [5, 5.41) is 21.2. The number of benzene rings is 1. The van der Waals surface area contributed by atoms with Crippen LogP contribution >= 0.6 is 11.6 Å². The molecule has 1 aliphatic heterocycles. The molecule has 1 aliphatic rings. The van der Waals surface area contributed by atoms with E-state index < -0.39 is 46.4 Å². The molecular formula is C25H33ClN6O6S. The summed E-state index contributed by atoms with van der Waals surface area (Å²) in [4.78, 5) is 34.2. The fourth-order valence-electron chi connectivity index (χ4n) is 4.07. The van der Waals surface area contributed by atoms with Crippen molar-refractivity contribution in [1.29, 1.82) is 0 Å². The highest BCUT2D eigenvalue weighted by Crippen LogP contribution is 2.22. The summed E-state index contributed by atoms with van der Waals surface area (Å²) >= 11 is 5.74. The maximum absolute atomic E-state index is 12.4. The third-order valence-corrected chi connectivity index (χ3v) is 8.15. The highest BCUT2D eigenvalue weighted by molar-refractivity contribution is 7.91. The molecule has 12 nitrogen and oxygen atoms in total. The Morgan fingerprint density at radius 2 is 1.90 bits per heavy atom. The Balaban J connectivity index is 0.000000353. The van der Waals surface area contributed by atoms with Gasteiger partial charge in [-0.15, -0.1) is 0 Å². The molecule has 2 aromatic heterocycles. The number of hydrogen-bond acceptors (Lipinski definition) is 9. The number of nitrogens with zero attached hydrogens (tertiary/aromatic N) is 4. The number of carbonyl (C=O) groups excluding carboxylic acids is 1. The topological polar surface area (TPSA) is 181 Å². The maximum Gasteiger partial charge on any atom is 0.372 e. The van der Waals surface area contributed by atoms with Gasteiger partial charge in [0.2, 0.25) is 11.7 Å². The minimum absolute atomic E-state index is 0.114. The summed E-state index contributed by atoms with van der Waals surface area (Å²) in [5.74, 6) is -2.66. The van der Waals surface area contributed by atoms with Crippen molar-refractivity contribution < 1.29 is 28.2 Å². The van der Waals surface area contributed by atoms with Gasteiger partial charge >= 0.3 is 5.97 Å². The zero-order valence-electron chi connectivity index (χ0n) is 21.7. The van der Waals surface area contributed by atoms with Crippen molar-refractivity contribution in [1.82, 2.24) is 19.4 Å². The van der Waals surface area contributed by atoms with E-state index in [2.05, 4.69) is 34.0 Å².